The molecule has 1 N–H and O–H groups in total. The van der Waals surface area contributed by atoms with Crippen LogP contribution in [0, 0.1) is 0 Å². The third-order valence-corrected chi connectivity index (χ3v) is 8.15. The summed E-state index contributed by atoms with van der Waals surface area (Å²) in [7, 11) is 1.48. The summed E-state index contributed by atoms with van der Waals surface area (Å²) in [6.07, 6.45) is -0.0688. The topological polar surface area (TPSA) is 107 Å². The van der Waals surface area contributed by atoms with E-state index in [2.05, 4.69) is 27.3 Å². The van der Waals surface area contributed by atoms with Crippen LogP contribution in [0.15, 0.2) is 76.3 Å². The largest absolute Gasteiger partial charge is 0.493 e. The molecule has 2 amide bonds. The molecular weight excluding hydrogens is 586 g/mol. The number of amides is 2. The first-order valence-corrected chi connectivity index (χ1v) is 13.8. The number of ether oxygens (including phenoxy) is 3. The molecule has 198 valence electrons. The Labute approximate surface area is 236 Å². The SMILES string of the molecule is COc1cc([C@@H]2Oc3ccc(Br)cc3[C@@H]3CC(c4ccccc4)=NN32)ccc1OC(=O)C[C@@H]1SC(=O)NC1=O. The summed E-state index contributed by atoms with van der Waals surface area (Å²) in [6, 6.07) is 21.2. The number of carbonyl (C=O) groups excluding carboxylic acids is 3. The van der Waals surface area contributed by atoms with Gasteiger partial charge in [0, 0.05) is 22.0 Å². The molecule has 3 aliphatic heterocycles. The minimum atomic E-state index is -0.810. The fraction of sp³-hybridized carbons (Fsp3) is 0.214. The summed E-state index contributed by atoms with van der Waals surface area (Å²) >= 11 is 4.36. The van der Waals surface area contributed by atoms with Gasteiger partial charge in [0.05, 0.1) is 25.3 Å². The predicted molar refractivity (Wildman–Crippen MR) is 148 cm³/mol. The highest BCUT2D eigenvalue weighted by atomic mass is 79.9. The first kappa shape index (κ1) is 25.4. The van der Waals surface area contributed by atoms with Crippen molar-refractivity contribution in [3.8, 4) is 17.2 Å². The van der Waals surface area contributed by atoms with Crippen LogP contribution in [-0.2, 0) is 9.59 Å². The molecule has 0 radical (unpaired) electrons. The minimum Gasteiger partial charge on any atom is -0.493 e. The van der Waals surface area contributed by atoms with E-state index < -0.39 is 28.6 Å². The van der Waals surface area contributed by atoms with Crippen molar-refractivity contribution in [3.05, 3.63) is 87.9 Å². The van der Waals surface area contributed by atoms with E-state index in [1.54, 1.807) is 18.2 Å². The third-order valence-electron chi connectivity index (χ3n) is 6.67. The second kappa shape index (κ2) is 10.4. The van der Waals surface area contributed by atoms with Crippen LogP contribution in [0.5, 0.6) is 17.2 Å². The van der Waals surface area contributed by atoms with Crippen molar-refractivity contribution < 1.29 is 28.6 Å². The molecule has 3 aliphatic rings. The van der Waals surface area contributed by atoms with Gasteiger partial charge in [0.25, 0.3) is 5.24 Å². The zero-order valence-corrected chi connectivity index (χ0v) is 23.0. The van der Waals surface area contributed by atoms with E-state index in [-0.39, 0.29) is 18.2 Å². The Morgan fingerprint density at radius 1 is 1.13 bits per heavy atom. The summed E-state index contributed by atoms with van der Waals surface area (Å²) in [5.41, 5.74) is 3.82. The van der Waals surface area contributed by atoms with E-state index in [0.29, 0.717) is 5.75 Å². The molecule has 0 aromatic heterocycles. The molecule has 3 aromatic carbocycles. The van der Waals surface area contributed by atoms with Crippen molar-refractivity contribution in [2.24, 2.45) is 5.10 Å². The van der Waals surface area contributed by atoms with Crippen LogP contribution < -0.4 is 19.5 Å². The number of imide groups is 1. The second-order valence-corrected chi connectivity index (χ2v) is 11.2. The molecule has 9 nitrogen and oxygen atoms in total. The van der Waals surface area contributed by atoms with Crippen LogP contribution in [0.3, 0.4) is 0 Å². The van der Waals surface area contributed by atoms with E-state index in [1.165, 1.54) is 7.11 Å². The molecule has 11 heteroatoms. The van der Waals surface area contributed by atoms with Gasteiger partial charge in [-0.3, -0.25) is 19.7 Å². The van der Waals surface area contributed by atoms with Gasteiger partial charge >= 0.3 is 5.97 Å². The maximum absolute atomic E-state index is 12.5. The van der Waals surface area contributed by atoms with E-state index in [9.17, 15) is 14.4 Å². The Kier molecular flexibility index (Phi) is 6.78. The number of carbonyl (C=O) groups is 3. The number of methoxy groups -OCH3 is 1. The van der Waals surface area contributed by atoms with Crippen LogP contribution in [-0.4, -0.2) is 40.2 Å². The number of esters is 1. The number of halogens is 1. The monoisotopic (exact) mass is 607 g/mol. The van der Waals surface area contributed by atoms with Crippen LogP contribution in [0.25, 0.3) is 0 Å². The van der Waals surface area contributed by atoms with Crippen molar-refractivity contribution in [1.29, 1.82) is 0 Å². The number of hydrazone groups is 1. The van der Waals surface area contributed by atoms with Gasteiger partial charge in [-0.15, -0.1) is 0 Å². The van der Waals surface area contributed by atoms with Crippen molar-refractivity contribution in [1.82, 2.24) is 10.3 Å². The normalized spacial score (nSPS) is 21.4. The summed E-state index contributed by atoms with van der Waals surface area (Å²) in [5.74, 6) is 0.154. The minimum absolute atomic E-state index is 0.0345. The Balaban J connectivity index is 1.29. The maximum atomic E-state index is 12.5. The molecule has 3 heterocycles. The lowest BCUT2D eigenvalue weighted by Crippen LogP contribution is -2.33. The molecule has 3 aromatic rings. The molecule has 1 fully saturated rings. The van der Waals surface area contributed by atoms with Gasteiger partial charge in [-0.25, -0.2) is 5.01 Å². The van der Waals surface area contributed by atoms with Crippen molar-refractivity contribution in [2.45, 2.75) is 30.4 Å². The van der Waals surface area contributed by atoms with Gasteiger partial charge < -0.3 is 14.2 Å². The predicted octanol–water partition coefficient (Wildman–Crippen LogP) is 5.35. The summed E-state index contributed by atoms with van der Waals surface area (Å²) < 4.78 is 18.5. The fourth-order valence-corrected chi connectivity index (χ4v) is 6.03. The number of fused-ring (bicyclic) bond motifs is 3. The van der Waals surface area contributed by atoms with Crippen molar-refractivity contribution in [3.63, 3.8) is 0 Å². The fourth-order valence-electron chi connectivity index (χ4n) is 4.85. The summed E-state index contributed by atoms with van der Waals surface area (Å²) in [4.78, 5) is 35.7. The van der Waals surface area contributed by atoms with Gasteiger partial charge in [-0.05, 0) is 42.0 Å². The highest BCUT2D eigenvalue weighted by Gasteiger charge is 2.41. The zero-order valence-electron chi connectivity index (χ0n) is 20.6. The van der Waals surface area contributed by atoms with E-state index >= 15 is 0 Å². The molecule has 1 saturated heterocycles. The Morgan fingerprint density at radius 2 is 1.95 bits per heavy atom. The van der Waals surface area contributed by atoms with Crippen molar-refractivity contribution >= 4 is 50.5 Å². The highest BCUT2D eigenvalue weighted by molar-refractivity contribution is 9.10. The average molecular weight is 608 g/mol. The maximum Gasteiger partial charge on any atom is 0.312 e. The molecule has 39 heavy (non-hydrogen) atoms. The van der Waals surface area contributed by atoms with Crippen LogP contribution >= 0.6 is 27.7 Å². The molecule has 0 spiro atoms. The zero-order chi connectivity index (χ0) is 27.1. The lowest BCUT2D eigenvalue weighted by atomic mass is 9.96. The molecular formula is C28H22BrN3O6S. The Morgan fingerprint density at radius 3 is 2.69 bits per heavy atom. The molecule has 0 saturated carbocycles. The molecule has 3 atom stereocenters. The van der Waals surface area contributed by atoms with Crippen molar-refractivity contribution in [2.75, 3.05) is 7.11 Å². The molecule has 0 unspecified atom stereocenters. The van der Waals surface area contributed by atoms with Crippen LogP contribution in [0.2, 0.25) is 0 Å². The van der Waals surface area contributed by atoms with Gasteiger partial charge in [0.2, 0.25) is 12.1 Å². The van der Waals surface area contributed by atoms with Gasteiger partial charge in [0.1, 0.15) is 11.0 Å². The number of rotatable bonds is 6. The first-order valence-electron chi connectivity index (χ1n) is 12.2. The smallest absolute Gasteiger partial charge is 0.312 e. The lowest BCUT2D eigenvalue weighted by Gasteiger charge is -2.38. The summed E-state index contributed by atoms with van der Waals surface area (Å²) in [5, 5.41) is 7.82. The van der Waals surface area contributed by atoms with Crippen LogP contribution in [0.4, 0.5) is 4.79 Å². The number of hydrogen-bond donors (Lipinski definition) is 1. The van der Waals surface area contributed by atoms with E-state index in [0.717, 1.165) is 50.8 Å². The Hall–Kier alpha value is -3.83. The number of nitrogens with zero attached hydrogens (tertiary/aromatic N) is 2. The van der Waals surface area contributed by atoms with Crippen LogP contribution in [0.1, 0.15) is 41.8 Å². The third kappa shape index (κ3) is 4.99. The first-order chi connectivity index (χ1) is 18.9. The quantitative estimate of drug-likeness (QED) is 0.295. The number of thioether (sulfide) groups is 1. The number of nitrogens with one attached hydrogen (secondary N) is 1. The lowest BCUT2D eigenvalue weighted by molar-refractivity contribution is -0.136. The molecule has 6 rings (SSSR count). The van der Waals surface area contributed by atoms with E-state index in [4.69, 9.17) is 19.3 Å². The van der Waals surface area contributed by atoms with Gasteiger partial charge in [0.15, 0.2) is 11.5 Å². The van der Waals surface area contributed by atoms with E-state index in [1.807, 2.05) is 47.5 Å². The van der Waals surface area contributed by atoms with Gasteiger partial charge in [-0.2, -0.15) is 5.10 Å². The second-order valence-electron chi connectivity index (χ2n) is 9.14. The number of hydrogen-bond acceptors (Lipinski definition) is 9. The standard InChI is InChI=1S/C28H22BrN3O6S/c1-36-23-11-16(7-9-22(23)37-25(33)14-24-26(34)30-28(35)39-24)27-32-20(18-12-17(29)8-10-21(18)38-27)13-19(31-32)15-5-3-2-4-6-15/h2-12,20,24,27H,13-14H2,1H3,(H,30,34,35)/t20-,24-,27-/m0/s1. The number of benzene rings is 3. The molecule has 0 bridgehead atoms. The average Bonchev–Trinajstić information content (AvgIpc) is 3.52. The molecule has 0 aliphatic carbocycles. The van der Waals surface area contributed by atoms with Gasteiger partial charge in [-0.1, -0.05) is 58.0 Å². The highest BCUT2D eigenvalue weighted by Crippen LogP contribution is 2.49. The summed E-state index contributed by atoms with van der Waals surface area (Å²) in [6.45, 7) is 0. The Bertz CT molecular complexity index is 1510.